The molecule has 0 radical (unpaired) electrons. The molecule has 34 heavy (non-hydrogen) atoms. The average molecular weight is 462 g/mol. The summed E-state index contributed by atoms with van der Waals surface area (Å²) < 4.78 is 0. The molecule has 180 valence electrons. The Morgan fingerprint density at radius 2 is 1.88 bits per heavy atom. The molecule has 7 nitrogen and oxygen atoms in total. The van der Waals surface area contributed by atoms with Gasteiger partial charge >= 0.3 is 0 Å². The summed E-state index contributed by atoms with van der Waals surface area (Å²) >= 11 is 0. The van der Waals surface area contributed by atoms with Crippen molar-refractivity contribution in [2.75, 3.05) is 43.4 Å². The van der Waals surface area contributed by atoms with E-state index in [1.165, 1.54) is 38.6 Å². The number of fused-ring (bicyclic) bond motifs is 2. The topological polar surface area (TPSA) is 68.8 Å². The number of rotatable bonds is 6. The van der Waals surface area contributed by atoms with Crippen molar-refractivity contribution in [2.24, 2.45) is 5.92 Å². The van der Waals surface area contributed by atoms with E-state index >= 15 is 0 Å². The van der Waals surface area contributed by atoms with E-state index in [0.717, 1.165) is 37.9 Å². The van der Waals surface area contributed by atoms with E-state index < -0.39 is 0 Å². The van der Waals surface area contributed by atoms with E-state index in [9.17, 15) is 9.59 Å². The molecular formula is C27H35N5O2. The highest BCUT2D eigenvalue weighted by Crippen LogP contribution is 2.36. The number of hydrogen-bond donors (Lipinski definition) is 1. The van der Waals surface area contributed by atoms with Crippen LogP contribution >= 0.6 is 0 Å². The second-order valence-electron chi connectivity index (χ2n) is 10.0. The van der Waals surface area contributed by atoms with Gasteiger partial charge < -0.3 is 10.2 Å². The van der Waals surface area contributed by atoms with Gasteiger partial charge in [-0.05, 0) is 89.0 Å². The van der Waals surface area contributed by atoms with Crippen LogP contribution in [0.4, 0.5) is 17.2 Å². The Labute approximate surface area is 202 Å². The molecule has 2 amide bonds. The van der Waals surface area contributed by atoms with Crippen LogP contribution in [0.3, 0.4) is 0 Å². The van der Waals surface area contributed by atoms with Crippen LogP contribution in [0.5, 0.6) is 0 Å². The van der Waals surface area contributed by atoms with E-state index in [0.29, 0.717) is 29.3 Å². The smallest absolute Gasteiger partial charge is 0.257 e. The number of amides is 2. The highest BCUT2D eigenvalue weighted by atomic mass is 16.2. The summed E-state index contributed by atoms with van der Waals surface area (Å²) in [6.45, 7) is 3.48. The molecule has 2 aromatic rings. The minimum atomic E-state index is -0.218. The van der Waals surface area contributed by atoms with Gasteiger partial charge in [0.25, 0.3) is 5.91 Å². The number of anilines is 3. The zero-order valence-electron chi connectivity index (χ0n) is 20.1. The first-order chi connectivity index (χ1) is 16.6. The number of likely N-dealkylation sites (tertiary alicyclic amines) is 2. The molecular weight excluding hydrogens is 426 g/mol. The summed E-state index contributed by atoms with van der Waals surface area (Å²) in [5.41, 5.74) is 1.64. The molecule has 2 saturated heterocycles. The molecule has 0 aliphatic carbocycles. The maximum absolute atomic E-state index is 13.6. The van der Waals surface area contributed by atoms with Gasteiger partial charge in [0.05, 0.1) is 23.5 Å². The maximum Gasteiger partial charge on any atom is 0.257 e. The maximum atomic E-state index is 13.6. The number of hydrogen-bond acceptors (Lipinski definition) is 5. The quantitative estimate of drug-likeness (QED) is 0.695. The molecule has 3 aliphatic heterocycles. The number of pyridine rings is 1. The lowest BCUT2D eigenvalue weighted by Crippen LogP contribution is -2.42. The Balaban J connectivity index is 1.20. The first-order valence-corrected chi connectivity index (χ1v) is 12.7. The second kappa shape index (κ2) is 10.2. The third-order valence-electron chi connectivity index (χ3n) is 7.77. The number of para-hydroxylation sites is 1. The Bertz CT molecular complexity index is 1030. The largest absolute Gasteiger partial charge is 0.319 e. The third kappa shape index (κ3) is 4.86. The number of nitrogens with one attached hydrogen (secondary N) is 1. The van der Waals surface area contributed by atoms with Crippen molar-refractivity contribution < 1.29 is 9.59 Å². The molecule has 2 fully saturated rings. The van der Waals surface area contributed by atoms with Crippen molar-refractivity contribution >= 4 is 29.0 Å². The third-order valence-corrected chi connectivity index (χ3v) is 7.77. The van der Waals surface area contributed by atoms with Crippen LogP contribution in [0, 0.1) is 5.92 Å². The highest BCUT2D eigenvalue weighted by Gasteiger charge is 2.32. The first-order valence-electron chi connectivity index (χ1n) is 12.7. The van der Waals surface area contributed by atoms with E-state index in [1.807, 2.05) is 18.2 Å². The lowest BCUT2D eigenvalue weighted by Gasteiger charge is -2.33. The van der Waals surface area contributed by atoms with Crippen LogP contribution in [0.15, 0.2) is 42.6 Å². The second-order valence-corrected chi connectivity index (χ2v) is 10.0. The van der Waals surface area contributed by atoms with Crippen LogP contribution in [0.1, 0.15) is 55.3 Å². The predicted octanol–water partition coefficient (Wildman–Crippen LogP) is 4.29. The van der Waals surface area contributed by atoms with Crippen LogP contribution in [-0.4, -0.2) is 65.9 Å². The van der Waals surface area contributed by atoms with Crippen molar-refractivity contribution in [3.8, 4) is 0 Å². The van der Waals surface area contributed by atoms with Crippen molar-refractivity contribution in [3.63, 3.8) is 0 Å². The predicted molar refractivity (Wildman–Crippen MR) is 134 cm³/mol. The number of nitrogens with zero attached hydrogens (tertiary/aromatic N) is 4. The summed E-state index contributed by atoms with van der Waals surface area (Å²) in [5, 5.41) is 2.90. The van der Waals surface area contributed by atoms with Gasteiger partial charge in [-0.25, -0.2) is 4.98 Å². The molecule has 1 N–H and O–H groups in total. The van der Waals surface area contributed by atoms with Crippen LogP contribution in [-0.2, 0) is 4.79 Å². The van der Waals surface area contributed by atoms with E-state index in [4.69, 9.17) is 0 Å². The SMILES string of the molecule is CN1CCCC1CCCC1CCN(CC(=O)N2c3ccccc3C(=O)Nc3cccnc32)CC1. The van der Waals surface area contributed by atoms with Crippen molar-refractivity contribution in [1.82, 2.24) is 14.8 Å². The van der Waals surface area contributed by atoms with Crippen LogP contribution in [0.25, 0.3) is 0 Å². The summed E-state index contributed by atoms with van der Waals surface area (Å²) in [6, 6.07) is 11.6. The van der Waals surface area contributed by atoms with Crippen molar-refractivity contribution in [3.05, 3.63) is 48.2 Å². The molecule has 0 spiro atoms. The first kappa shape index (κ1) is 23.0. The number of carbonyl (C=O) groups is 2. The van der Waals surface area contributed by atoms with Gasteiger partial charge in [0.1, 0.15) is 0 Å². The highest BCUT2D eigenvalue weighted by molar-refractivity contribution is 6.17. The molecule has 1 atom stereocenters. The number of benzene rings is 1. The van der Waals surface area contributed by atoms with Gasteiger partial charge in [-0.1, -0.05) is 25.0 Å². The van der Waals surface area contributed by atoms with Gasteiger partial charge in [-0.3, -0.25) is 19.4 Å². The lowest BCUT2D eigenvalue weighted by molar-refractivity contribution is -0.119. The summed E-state index contributed by atoms with van der Waals surface area (Å²) in [6.07, 6.45) is 10.6. The van der Waals surface area contributed by atoms with Gasteiger partial charge in [0, 0.05) is 12.2 Å². The Hall–Kier alpha value is -2.77. The fourth-order valence-corrected chi connectivity index (χ4v) is 5.77. The molecule has 3 aliphatic rings. The minimum absolute atomic E-state index is 0.0494. The van der Waals surface area contributed by atoms with E-state index in [-0.39, 0.29) is 11.8 Å². The van der Waals surface area contributed by atoms with Crippen LogP contribution in [0.2, 0.25) is 0 Å². The number of carbonyl (C=O) groups excluding carboxylic acids is 2. The molecule has 5 rings (SSSR count). The number of aromatic nitrogens is 1. The molecule has 0 bridgehead atoms. The Morgan fingerprint density at radius 1 is 1.06 bits per heavy atom. The molecule has 4 heterocycles. The van der Waals surface area contributed by atoms with Gasteiger partial charge in [0.15, 0.2) is 5.82 Å². The van der Waals surface area contributed by atoms with E-state index in [2.05, 4.69) is 27.1 Å². The minimum Gasteiger partial charge on any atom is -0.319 e. The molecule has 1 unspecified atom stereocenters. The zero-order valence-corrected chi connectivity index (χ0v) is 20.1. The van der Waals surface area contributed by atoms with Gasteiger partial charge in [-0.2, -0.15) is 0 Å². The molecule has 1 aromatic carbocycles. The fraction of sp³-hybridized carbons (Fsp3) is 0.519. The van der Waals surface area contributed by atoms with Crippen LogP contribution < -0.4 is 10.2 Å². The van der Waals surface area contributed by atoms with Crippen molar-refractivity contribution in [2.45, 2.75) is 51.0 Å². The lowest BCUT2D eigenvalue weighted by atomic mass is 9.90. The normalized spacial score (nSPS) is 21.6. The van der Waals surface area contributed by atoms with E-state index in [1.54, 1.807) is 29.3 Å². The standard InChI is InChI=1S/C27H35N5O2/c1-30-16-6-9-21(30)8-4-7-20-13-17-31(18-14-20)19-25(33)32-24-12-3-2-10-22(24)27(34)29-23-11-5-15-28-26(23)32/h2-3,5,10-12,15,20-21H,4,6-9,13-14,16-19H2,1H3,(H,29,34). The number of piperidine rings is 1. The van der Waals surface area contributed by atoms with Crippen molar-refractivity contribution in [1.29, 1.82) is 0 Å². The Kier molecular flexibility index (Phi) is 6.92. The molecule has 0 saturated carbocycles. The summed E-state index contributed by atoms with van der Waals surface area (Å²) in [5.74, 6) is 0.982. The summed E-state index contributed by atoms with van der Waals surface area (Å²) in [4.78, 5) is 37.2. The molecule has 1 aromatic heterocycles. The fourth-order valence-electron chi connectivity index (χ4n) is 5.77. The molecule has 7 heteroatoms. The zero-order chi connectivity index (χ0) is 23.5. The van der Waals surface area contributed by atoms with Gasteiger partial charge in [0.2, 0.25) is 5.91 Å². The monoisotopic (exact) mass is 461 g/mol. The summed E-state index contributed by atoms with van der Waals surface area (Å²) in [7, 11) is 2.26. The van der Waals surface area contributed by atoms with Gasteiger partial charge in [-0.15, -0.1) is 0 Å². The average Bonchev–Trinajstić information content (AvgIpc) is 3.20. The Morgan fingerprint density at radius 3 is 2.68 bits per heavy atom.